The minimum absolute atomic E-state index is 0.0100. The molecule has 0 aromatic rings. The maximum Gasteiger partial charge on any atom is 0.159 e. The molecule has 0 rings (SSSR count). The van der Waals surface area contributed by atoms with Crippen LogP contribution >= 0.6 is 8.46 Å². The molecule has 0 spiro atoms. The highest BCUT2D eigenvalue weighted by molar-refractivity contribution is 7.23. The van der Waals surface area contributed by atoms with Gasteiger partial charge in [0.15, 0.2) is 8.46 Å². The number of rotatable bonds is 4. The van der Waals surface area contributed by atoms with Crippen molar-refractivity contribution in [2.24, 2.45) is 0 Å². The quantitative estimate of drug-likeness (QED) is 0.442. The molecule has 0 aliphatic carbocycles. The van der Waals surface area contributed by atoms with E-state index in [9.17, 15) is 4.57 Å². The smallest absolute Gasteiger partial charge is 0.159 e. The minimum atomic E-state index is -0.161. The van der Waals surface area contributed by atoms with Crippen LogP contribution in [0.4, 0.5) is 0 Å². The van der Waals surface area contributed by atoms with Crippen LogP contribution < -0.4 is 0 Å². The molecule has 0 unspecified atom stereocenters. The molecule has 0 saturated heterocycles. The van der Waals surface area contributed by atoms with Gasteiger partial charge in [0.05, 0.1) is 13.2 Å². The molecule has 9 heavy (non-hydrogen) atoms. The van der Waals surface area contributed by atoms with Crippen LogP contribution in [0, 0.1) is 0 Å². The van der Waals surface area contributed by atoms with E-state index in [1.807, 2.05) is 0 Å². The topological polar surface area (TPSA) is 57.5 Å². The number of allylic oxidation sites excluding steroid dienone is 1. The average Bonchev–Trinajstić information content (AvgIpc) is 1.91. The first kappa shape index (κ1) is 8.76. The van der Waals surface area contributed by atoms with Crippen LogP contribution in [-0.4, -0.2) is 29.6 Å². The maximum absolute atomic E-state index is 9.83. The lowest BCUT2D eigenvalue weighted by atomic mass is 10.3. The van der Waals surface area contributed by atoms with Crippen LogP contribution in [0.5, 0.6) is 0 Å². The second-order valence-electron chi connectivity index (χ2n) is 1.49. The van der Waals surface area contributed by atoms with Crippen molar-refractivity contribution < 1.29 is 14.8 Å². The number of hydrogen-bond acceptors (Lipinski definition) is 3. The van der Waals surface area contributed by atoms with E-state index >= 15 is 0 Å². The summed E-state index contributed by atoms with van der Waals surface area (Å²) in [7, 11) is 0.0100. The Labute approximate surface area is 55.2 Å². The fraction of sp³-hybridized carbons (Fsp3) is 0.600. The van der Waals surface area contributed by atoms with Crippen molar-refractivity contribution in [3.8, 4) is 0 Å². The second-order valence-corrected chi connectivity index (χ2v) is 2.11. The minimum Gasteiger partial charge on any atom is -0.392 e. The molecule has 3 nitrogen and oxygen atoms in total. The van der Waals surface area contributed by atoms with Gasteiger partial charge in [-0.25, -0.2) is 0 Å². The molecule has 0 bridgehead atoms. The van der Waals surface area contributed by atoms with Gasteiger partial charge >= 0.3 is 0 Å². The lowest BCUT2D eigenvalue weighted by molar-refractivity contribution is 0.276. The van der Waals surface area contributed by atoms with Gasteiger partial charge in [0.2, 0.25) is 0 Å². The molecule has 0 aromatic heterocycles. The fourth-order valence-electron chi connectivity index (χ4n) is 0.345. The van der Waals surface area contributed by atoms with E-state index in [1.54, 1.807) is 6.08 Å². The monoisotopic (exact) mass is 148 g/mol. The van der Waals surface area contributed by atoms with Crippen LogP contribution in [0.15, 0.2) is 11.6 Å². The Kier molecular flexibility index (Phi) is 5.73. The molecule has 0 aliphatic rings. The fourth-order valence-corrected chi connectivity index (χ4v) is 0.678. The summed E-state index contributed by atoms with van der Waals surface area (Å²) in [5.74, 6) is 0. The van der Waals surface area contributed by atoms with E-state index in [0.29, 0.717) is 11.7 Å². The van der Waals surface area contributed by atoms with E-state index in [1.165, 1.54) is 0 Å². The number of hydrogen-bond donors (Lipinski definition) is 2. The lowest BCUT2D eigenvalue weighted by Gasteiger charge is -1.93. The van der Waals surface area contributed by atoms with Crippen molar-refractivity contribution in [2.75, 3.05) is 19.4 Å². The van der Waals surface area contributed by atoms with Gasteiger partial charge in [-0.15, -0.1) is 0 Å². The van der Waals surface area contributed by atoms with Gasteiger partial charge in [0, 0.05) is 6.16 Å². The summed E-state index contributed by atoms with van der Waals surface area (Å²) in [6.45, 7) is -0.321. The summed E-state index contributed by atoms with van der Waals surface area (Å²) in [5.41, 5.74) is 0.512. The largest absolute Gasteiger partial charge is 0.392 e. The molecule has 0 radical (unpaired) electrons. The Morgan fingerprint density at radius 2 is 2.00 bits per heavy atom. The van der Waals surface area contributed by atoms with Gasteiger partial charge in [0.25, 0.3) is 0 Å². The van der Waals surface area contributed by atoms with Gasteiger partial charge in [0.1, 0.15) is 0 Å². The van der Waals surface area contributed by atoms with Crippen LogP contribution in [0.2, 0.25) is 0 Å². The van der Waals surface area contributed by atoms with E-state index in [0.717, 1.165) is 0 Å². The highest BCUT2D eigenvalue weighted by Gasteiger charge is 1.89. The number of aliphatic hydroxyl groups is 2. The third-order valence-corrected chi connectivity index (χ3v) is 1.19. The van der Waals surface area contributed by atoms with Gasteiger partial charge in [-0.2, -0.15) is 0 Å². The van der Waals surface area contributed by atoms with E-state index < -0.39 is 0 Å². The highest BCUT2D eigenvalue weighted by Crippen LogP contribution is 1.96. The molecular formula is C5H9O3P. The van der Waals surface area contributed by atoms with Gasteiger partial charge in [-0.1, -0.05) is 6.08 Å². The molecule has 0 aliphatic heterocycles. The summed E-state index contributed by atoms with van der Waals surface area (Å²) in [6.07, 6.45) is 1.91. The molecule has 2 N–H and O–H groups in total. The van der Waals surface area contributed by atoms with Crippen LogP contribution in [-0.2, 0) is 4.57 Å². The Morgan fingerprint density at radius 3 is 2.33 bits per heavy atom. The zero-order valence-corrected chi connectivity index (χ0v) is 5.84. The first-order valence-electron chi connectivity index (χ1n) is 2.54. The van der Waals surface area contributed by atoms with Crippen molar-refractivity contribution in [1.82, 2.24) is 0 Å². The first-order chi connectivity index (χ1) is 4.35. The summed E-state index contributed by atoms with van der Waals surface area (Å²) in [4.78, 5) is 0. The van der Waals surface area contributed by atoms with Crippen molar-refractivity contribution in [3.63, 3.8) is 0 Å². The zero-order chi connectivity index (χ0) is 7.11. The van der Waals surface area contributed by atoms with Gasteiger partial charge < -0.3 is 10.2 Å². The van der Waals surface area contributed by atoms with Crippen molar-refractivity contribution in [3.05, 3.63) is 11.6 Å². The Balaban J connectivity index is 3.60. The van der Waals surface area contributed by atoms with Crippen LogP contribution in [0.1, 0.15) is 0 Å². The molecule has 0 saturated carbocycles. The summed E-state index contributed by atoms with van der Waals surface area (Å²) >= 11 is 0. The summed E-state index contributed by atoms with van der Waals surface area (Å²) < 4.78 is 9.83. The molecule has 0 amide bonds. The molecule has 0 fully saturated rings. The van der Waals surface area contributed by atoms with Crippen molar-refractivity contribution in [1.29, 1.82) is 0 Å². The molecule has 0 aromatic carbocycles. The Bertz CT molecular complexity index is 105. The van der Waals surface area contributed by atoms with E-state index in [4.69, 9.17) is 10.2 Å². The van der Waals surface area contributed by atoms with E-state index in [2.05, 4.69) is 0 Å². The van der Waals surface area contributed by atoms with E-state index in [-0.39, 0.29) is 21.7 Å². The third kappa shape index (κ3) is 4.28. The molecule has 52 valence electrons. The van der Waals surface area contributed by atoms with Crippen LogP contribution in [0.3, 0.4) is 0 Å². The predicted molar refractivity (Wildman–Crippen MR) is 34.7 cm³/mol. The first-order valence-corrected chi connectivity index (χ1v) is 3.53. The molecule has 0 heterocycles. The second kappa shape index (κ2) is 5.89. The lowest BCUT2D eigenvalue weighted by Crippen LogP contribution is -1.95. The third-order valence-electron chi connectivity index (χ3n) is 0.861. The summed E-state index contributed by atoms with van der Waals surface area (Å²) in [6, 6.07) is 0. The maximum atomic E-state index is 9.83. The SMILES string of the molecule is O=PCC=C(CO)CO. The normalized spacial score (nSPS) is 9.56. The molecule has 4 heteroatoms. The van der Waals surface area contributed by atoms with Gasteiger partial charge in [-0.3, -0.25) is 4.57 Å². The van der Waals surface area contributed by atoms with Crippen molar-refractivity contribution in [2.45, 2.75) is 0 Å². The highest BCUT2D eigenvalue weighted by atomic mass is 31.1. The Hall–Kier alpha value is -0.240. The van der Waals surface area contributed by atoms with Gasteiger partial charge in [-0.05, 0) is 5.57 Å². The zero-order valence-electron chi connectivity index (χ0n) is 4.95. The number of aliphatic hydroxyl groups excluding tert-OH is 2. The molecule has 0 atom stereocenters. The Morgan fingerprint density at radius 1 is 1.44 bits per heavy atom. The molecular weight excluding hydrogens is 139 g/mol. The average molecular weight is 148 g/mol. The van der Waals surface area contributed by atoms with Crippen LogP contribution in [0.25, 0.3) is 0 Å². The predicted octanol–water partition coefficient (Wildman–Crippen LogP) is 0.189. The standard InChI is InChI=1S/C5H9O3P/c6-3-5(4-7)1-2-9-8/h1,6-7H,2-4H2. The van der Waals surface area contributed by atoms with Crippen molar-refractivity contribution >= 4 is 8.46 Å². The summed E-state index contributed by atoms with van der Waals surface area (Å²) in [5, 5.41) is 16.8.